The first-order chi connectivity index (χ1) is 9.19. The van der Waals surface area contributed by atoms with Crippen LogP contribution in [-0.2, 0) is 6.54 Å². The SMILES string of the molecule is CCCn1nccc1C1C(CN)CCCN1C(C)C. The molecule has 1 aromatic rings. The van der Waals surface area contributed by atoms with E-state index in [2.05, 4.69) is 41.5 Å². The molecule has 108 valence electrons. The summed E-state index contributed by atoms with van der Waals surface area (Å²) in [5, 5.41) is 4.49. The van der Waals surface area contributed by atoms with Gasteiger partial charge in [-0.05, 0) is 58.2 Å². The van der Waals surface area contributed by atoms with Gasteiger partial charge in [-0.15, -0.1) is 0 Å². The van der Waals surface area contributed by atoms with Crippen molar-refractivity contribution in [3.05, 3.63) is 18.0 Å². The zero-order valence-corrected chi connectivity index (χ0v) is 12.5. The fourth-order valence-corrected chi connectivity index (χ4v) is 3.33. The summed E-state index contributed by atoms with van der Waals surface area (Å²) in [7, 11) is 0. The Balaban J connectivity index is 2.31. The van der Waals surface area contributed by atoms with Crippen molar-refractivity contribution in [1.82, 2.24) is 14.7 Å². The van der Waals surface area contributed by atoms with Crippen LogP contribution in [0.3, 0.4) is 0 Å². The first-order valence-electron chi connectivity index (χ1n) is 7.66. The average Bonchev–Trinajstić information content (AvgIpc) is 2.86. The lowest BCUT2D eigenvalue weighted by Crippen LogP contribution is -2.45. The van der Waals surface area contributed by atoms with Gasteiger partial charge in [0.15, 0.2) is 0 Å². The minimum absolute atomic E-state index is 0.438. The van der Waals surface area contributed by atoms with E-state index in [9.17, 15) is 0 Å². The number of nitrogens with two attached hydrogens (primary N) is 1. The molecule has 2 unspecified atom stereocenters. The maximum atomic E-state index is 6.03. The van der Waals surface area contributed by atoms with Gasteiger partial charge in [0.25, 0.3) is 0 Å². The van der Waals surface area contributed by atoms with Gasteiger partial charge in [-0.1, -0.05) is 6.92 Å². The van der Waals surface area contributed by atoms with Crippen LogP contribution in [0.5, 0.6) is 0 Å². The van der Waals surface area contributed by atoms with E-state index in [4.69, 9.17) is 5.73 Å². The summed E-state index contributed by atoms with van der Waals surface area (Å²) in [6.07, 6.45) is 5.56. The largest absolute Gasteiger partial charge is 0.330 e. The monoisotopic (exact) mass is 264 g/mol. The molecule has 2 N–H and O–H groups in total. The maximum absolute atomic E-state index is 6.03. The normalized spacial score (nSPS) is 25.1. The van der Waals surface area contributed by atoms with Crippen LogP contribution in [0.15, 0.2) is 12.3 Å². The molecule has 1 fully saturated rings. The summed E-state index contributed by atoms with van der Waals surface area (Å²) < 4.78 is 2.17. The van der Waals surface area contributed by atoms with Crippen LogP contribution in [0.2, 0.25) is 0 Å². The zero-order valence-electron chi connectivity index (χ0n) is 12.5. The van der Waals surface area contributed by atoms with Crippen molar-refractivity contribution in [1.29, 1.82) is 0 Å². The summed E-state index contributed by atoms with van der Waals surface area (Å²) in [4.78, 5) is 2.60. The Hall–Kier alpha value is -0.870. The fraction of sp³-hybridized carbons (Fsp3) is 0.800. The highest BCUT2D eigenvalue weighted by atomic mass is 15.3. The van der Waals surface area contributed by atoms with Crippen LogP contribution in [0.25, 0.3) is 0 Å². The topological polar surface area (TPSA) is 47.1 Å². The Kier molecular flexibility index (Phi) is 4.99. The molecule has 1 saturated heterocycles. The number of nitrogens with zero attached hydrogens (tertiary/aromatic N) is 3. The lowest BCUT2D eigenvalue weighted by molar-refractivity contribution is 0.0606. The number of rotatable bonds is 5. The van der Waals surface area contributed by atoms with Gasteiger partial charge in [0, 0.05) is 18.8 Å². The van der Waals surface area contributed by atoms with Crippen molar-refractivity contribution in [3.8, 4) is 0 Å². The van der Waals surface area contributed by atoms with E-state index < -0.39 is 0 Å². The highest BCUT2D eigenvalue weighted by Gasteiger charge is 2.34. The number of hydrogen-bond donors (Lipinski definition) is 1. The van der Waals surface area contributed by atoms with Gasteiger partial charge in [-0.3, -0.25) is 9.58 Å². The van der Waals surface area contributed by atoms with Crippen LogP contribution in [0.4, 0.5) is 0 Å². The first-order valence-corrected chi connectivity index (χ1v) is 7.66. The van der Waals surface area contributed by atoms with E-state index in [1.807, 2.05) is 6.20 Å². The minimum atomic E-state index is 0.438. The summed E-state index contributed by atoms with van der Waals surface area (Å²) in [6, 6.07) is 3.18. The van der Waals surface area contributed by atoms with E-state index in [1.165, 1.54) is 25.1 Å². The summed E-state index contributed by atoms with van der Waals surface area (Å²) in [5.41, 5.74) is 7.38. The molecule has 0 aromatic carbocycles. The van der Waals surface area contributed by atoms with Crippen LogP contribution in [0.1, 0.15) is 51.8 Å². The number of aryl methyl sites for hydroxylation is 1. The third-order valence-electron chi connectivity index (χ3n) is 4.25. The van der Waals surface area contributed by atoms with Crippen molar-refractivity contribution in [2.45, 2.75) is 58.7 Å². The van der Waals surface area contributed by atoms with Crippen LogP contribution >= 0.6 is 0 Å². The average molecular weight is 264 g/mol. The van der Waals surface area contributed by atoms with Crippen LogP contribution < -0.4 is 5.73 Å². The Morgan fingerprint density at radius 3 is 2.89 bits per heavy atom. The predicted octanol–water partition coefficient (Wildman–Crippen LogP) is 2.41. The molecule has 4 heteroatoms. The molecule has 1 aromatic heterocycles. The number of likely N-dealkylation sites (tertiary alicyclic amines) is 1. The molecule has 0 radical (unpaired) electrons. The van der Waals surface area contributed by atoms with E-state index >= 15 is 0 Å². The Morgan fingerprint density at radius 2 is 2.26 bits per heavy atom. The van der Waals surface area contributed by atoms with Crippen LogP contribution in [-0.4, -0.2) is 33.8 Å². The predicted molar refractivity (Wildman–Crippen MR) is 78.9 cm³/mol. The lowest BCUT2D eigenvalue weighted by atomic mass is 9.86. The molecule has 0 spiro atoms. The molecule has 4 nitrogen and oxygen atoms in total. The molecule has 1 aliphatic rings. The molecule has 2 atom stereocenters. The summed E-state index contributed by atoms with van der Waals surface area (Å²) in [5.74, 6) is 0.559. The Bertz CT molecular complexity index is 385. The molecule has 0 amide bonds. The molecule has 19 heavy (non-hydrogen) atoms. The second-order valence-corrected chi connectivity index (χ2v) is 5.89. The van der Waals surface area contributed by atoms with Crippen molar-refractivity contribution in [3.63, 3.8) is 0 Å². The maximum Gasteiger partial charge on any atom is 0.0560 e. The van der Waals surface area contributed by atoms with Gasteiger partial charge in [0.05, 0.1) is 11.7 Å². The van der Waals surface area contributed by atoms with Gasteiger partial charge in [0.1, 0.15) is 0 Å². The molecule has 0 saturated carbocycles. The molecule has 0 bridgehead atoms. The van der Waals surface area contributed by atoms with E-state index in [-0.39, 0.29) is 0 Å². The molecule has 1 aliphatic heterocycles. The van der Waals surface area contributed by atoms with Crippen molar-refractivity contribution in [2.75, 3.05) is 13.1 Å². The van der Waals surface area contributed by atoms with E-state index in [0.717, 1.165) is 19.5 Å². The van der Waals surface area contributed by atoms with Crippen molar-refractivity contribution >= 4 is 0 Å². The number of aromatic nitrogens is 2. The van der Waals surface area contributed by atoms with Gasteiger partial charge < -0.3 is 5.73 Å². The quantitative estimate of drug-likeness (QED) is 0.888. The van der Waals surface area contributed by atoms with Gasteiger partial charge >= 0.3 is 0 Å². The van der Waals surface area contributed by atoms with E-state index in [0.29, 0.717) is 18.0 Å². The molecular formula is C15H28N4. The fourth-order valence-electron chi connectivity index (χ4n) is 3.33. The smallest absolute Gasteiger partial charge is 0.0560 e. The standard InChI is InChI=1S/C15H28N4/c1-4-9-19-14(7-8-17-19)15-13(11-16)6-5-10-18(15)12(2)3/h7-8,12-13,15H,4-6,9-11,16H2,1-3H3. The zero-order chi connectivity index (χ0) is 13.8. The third kappa shape index (κ3) is 3.00. The van der Waals surface area contributed by atoms with Crippen LogP contribution in [0, 0.1) is 5.92 Å². The first kappa shape index (κ1) is 14.5. The Labute approximate surface area is 117 Å². The minimum Gasteiger partial charge on any atom is -0.330 e. The van der Waals surface area contributed by atoms with E-state index in [1.54, 1.807) is 0 Å². The summed E-state index contributed by atoms with van der Waals surface area (Å²) in [6.45, 7) is 9.72. The van der Waals surface area contributed by atoms with Gasteiger partial charge in [-0.2, -0.15) is 5.10 Å². The summed E-state index contributed by atoms with van der Waals surface area (Å²) >= 11 is 0. The lowest BCUT2D eigenvalue weighted by Gasteiger charge is -2.43. The van der Waals surface area contributed by atoms with Crippen molar-refractivity contribution in [2.24, 2.45) is 11.7 Å². The number of piperidine rings is 1. The highest BCUT2D eigenvalue weighted by molar-refractivity contribution is 5.11. The Morgan fingerprint density at radius 1 is 1.47 bits per heavy atom. The van der Waals surface area contributed by atoms with Gasteiger partial charge in [-0.25, -0.2) is 0 Å². The molecule has 2 rings (SSSR count). The number of hydrogen-bond acceptors (Lipinski definition) is 3. The highest BCUT2D eigenvalue weighted by Crippen LogP contribution is 2.36. The van der Waals surface area contributed by atoms with Gasteiger partial charge in [0.2, 0.25) is 0 Å². The molecule has 0 aliphatic carbocycles. The second-order valence-electron chi connectivity index (χ2n) is 5.89. The third-order valence-corrected chi connectivity index (χ3v) is 4.25. The van der Waals surface area contributed by atoms with Crippen molar-refractivity contribution < 1.29 is 0 Å². The molecular weight excluding hydrogens is 236 g/mol. The molecule has 2 heterocycles. The second kappa shape index (κ2) is 6.53.